The molecular weight excluding hydrogens is 258 g/mol. The van der Waals surface area contributed by atoms with Gasteiger partial charge in [-0.2, -0.15) is 0 Å². The van der Waals surface area contributed by atoms with E-state index in [0.29, 0.717) is 13.0 Å². The molecule has 1 aromatic carbocycles. The normalized spacial score (nSPS) is 17.9. The largest absolute Gasteiger partial charge is 0.467 e. The summed E-state index contributed by atoms with van der Waals surface area (Å²) < 4.78 is 9.92. The van der Waals surface area contributed by atoms with Crippen molar-refractivity contribution in [2.75, 3.05) is 13.7 Å². The maximum absolute atomic E-state index is 12.0. The second-order valence-electron chi connectivity index (χ2n) is 4.66. The van der Waals surface area contributed by atoms with Gasteiger partial charge in [-0.15, -0.1) is 0 Å². The molecule has 5 heteroatoms. The van der Waals surface area contributed by atoms with Crippen LogP contribution in [0.3, 0.4) is 0 Å². The molecule has 106 valence electrons. The second kappa shape index (κ2) is 6.23. The lowest BCUT2D eigenvalue weighted by Gasteiger charge is -2.21. The molecule has 1 saturated heterocycles. The van der Waals surface area contributed by atoms with E-state index in [2.05, 4.69) is 6.58 Å². The number of rotatable bonds is 3. The van der Waals surface area contributed by atoms with Crippen LogP contribution >= 0.6 is 0 Å². The Morgan fingerprint density at radius 2 is 2.05 bits per heavy atom. The van der Waals surface area contributed by atoms with E-state index < -0.39 is 18.1 Å². The van der Waals surface area contributed by atoms with Crippen molar-refractivity contribution in [3.8, 4) is 0 Å². The molecule has 0 unspecified atom stereocenters. The van der Waals surface area contributed by atoms with Crippen LogP contribution in [0.2, 0.25) is 0 Å². The summed E-state index contributed by atoms with van der Waals surface area (Å²) in [4.78, 5) is 25.0. The van der Waals surface area contributed by atoms with Gasteiger partial charge in [0.15, 0.2) is 0 Å². The fourth-order valence-corrected chi connectivity index (χ4v) is 2.14. The molecule has 1 aromatic rings. The standard InChI is InChI=1S/C15H17NO4/c1-11-8-13(14(17)19-2)16(9-11)15(18)20-10-12-6-4-3-5-7-12/h3-7,13H,1,8-10H2,2H3/t13-/m0/s1. The van der Waals surface area contributed by atoms with Crippen LogP contribution < -0.4 is 0 Å². The van der Waals surface area contributed by atoms with Gasteiger partial charge >= 0.3 is 12.1 Å². The number of carbonyl (C=O) groups is 2. The minimum absolute atomic E-state index is 0.177. The van der Waals surface area contributed by atoms with Gasteiger partial charge in [-0.3, -0.25) is 4.90 Å². The first kappa shape index (κ1) is 14.1. The molecule has 1 atom stereocenters. The molecule has 5 nitrogen and oxygen atoms in total. The number of carbonyl (C=O) groups excluding carboxylic acids is 2. The van der Waals surface area contributed by atoms with Crippen LogP contribution in [-0.4, -0.2) is 36.7 Å². The predicted molar refractivity (Wildman–Crippen MR) is 72.9 cm³/mol. The monoisotopic (exact) mass is 275 g/mol. The highest BCUT2D eigenvalue weighted by atomic mass is 16.6. The van der Waals surface area contributed by atoms with Gasteiger partial charge in [0.05, 0.1) is 7.11 Å². The van der Waals surface area contributed by atoms with Gasteiger partial charge in [0.1, 0.15) is 12.6 Å². The highest BCUT2D eigenvalue weighted by molar-refractivity contribution is 5.83. The van der Waals surface area contributed by atoms with Gasteiger partial charge in [0, 0.05) is 13.0 Å². The fourth-order valence-electron chi connectivity index (χ4n) is 2.14. The Bertz CT molecular complexity index is 512. The maximum atomic E-state index is 12.0. The molecule has 0 aromatic heterocycles. The summed E-state index contributed by atoms with van der Waals surface area (Å²) in [5, 5.41) is 0. The molecule has 0 N–H and O–H groups in total. The van der Waals surface area contributed by atoms with Crippen LogP contribution in [0, 0.1) is 0 Å². The molecule has 0 radical (unpaired) electrons. The van der Waals surface area contributed by atoms with Gasteiger partial charge in [-0.05, 0) is 5.56 Å². The van der Waals surface area contributed by atoms with Gasteiger partial charge in [-0.1, -0.05) is 42.5 Å². The Morgan fingerprint density at radius 1 is 1.35 bits per heavy atom. The first-order valence-electron chi connectivity index (χ1n) is 6.33. The number of hydrogen-bond acceptors (Lipinski definition) is 4. The molecule has 1 fully saturated rings. The third-order valence-electron chi connectivity index (χ3n) is 3.17. The molecule has 0 aliphatic carbocycles. The number of amides is 1. The van der Waals surface area contributed by atoms with Crippen molar-refractivity contribution in [3.05, 3.63) is 48.0 Å². The number of methoxy groups -OCH3 is 1. The van der Waals surface area contributed by atoms with E-state index in [1.807, 2.05) is 30.3 Å². The lowest BCUT2D eigenvalue weighted by molar-refractivity contribution is -0.145. The van der Waals surface area contributed by atoms with Crippen molar-refractivity contribution in [1.82, 2.24) is 4.90 Å². The van der Waals surface area contributed by atoms with Crippen LogP contribution in [0.5, 0.6) is 0 Å². The molecule has 1 aliphatic heterocycles. The molecule has 1 aliphatic rings. The number of benzene rings is 1. The quantitative estimate of drug-likeness (QED) is 0.626. The summed E-state index contributed by atoms with van der Waals surface area (Å²) in [7, 11) is 1.30. The Balaban J connectivity index is 1.97. The van der Waals surface area contributed by atoms with Gasteiger partial charge in [0.25, 0.3) is 0 Å². The van der Waals surface area contributed by atoms with Crippen molar-refractivity contribution in [2.45, 2.75) is 19.1 Å². The third kappa shape index (κ3) is 3.17. The van der Waals surface area contributed by atoms with E-state index in [9.17, 15) is 9.59 Å². The summed E-state index contributed by atoms with van der Waals surface area (Å²) in [5.74, 6) is -0.444. The Hall–Kier alpha value is -2.30. The number of hydrogen-bond donors (Lipinski definition) is 0. The minimum Gasteiger partial charge on any atom is -0.467 e. The average Bonchev–Trinajstić information content (AvgIpc) is 2.87. The summed E-state index contributed by atoms with van der Waals surface area (Å²) in [5.41, 5.74) is 1.71. The molecule has 1 heterocycles. The van der Waals surface area contributed by atoms with E-state index in [1.54, 1.807) is 0 Å². The molecular formula is C15H17NO4. The summed E-state index contributed by atoms with van der Waals surface area (Å²) in [6, 6.07) is 8.75. The number of ether oxygens (including phenoxy) is 2. The van der Waals surface area contributed by atoms with Crippen LogP contribution in [0.4, 0.5) is 4.79 Å². The van der Waals surface area contributed by atoms with Crippen molar-refractivity contribution in [3.63, 3.8) is 0 Å². The van der Waals surface area contributed by atoms with Crippen molar-refractivity contribution in [2.24, 2.45) is 0 Å². The van der Waals surface area contributed by atoms with Crippen LogP contribution in [0.15, 0.2) is 42.5 Å². The number of likely N-dealkylation sites (tertiary alicyclic amines) is 1. The summed E-state index contributed by atoms with van der Waals surface area (Å²) in [6.45, 7) is 4.32. The van der Waals surface area contributed by atoms with Crippen molar-refractivity contribution < 1.29 is 19.1 Å². The van der Waals surface area contributed by atoms with E-state index in [4.69, 9.17) is 9.47 Å². The second-order valence-corrected chi connectivity index (χ2v) is 4.66. The predicted octanol–water partition coefficient (Wildman–Crippen LogP) is 2.13. The Kier molecular flexibility index (Phi) is 4.40. The maximum Gasteiger partial charge on any atom is 0.411 e. The third-order valence-corrected chi connectivity index (χ3v) is 3.17. The number of nitrogens with zero attached hydrogens (tertiary/aromatic N) is 1. The lowest BCUT2D eigenvalue weighted by Crippen LogP contribution is -2.41. The zero-order valence-electron chi connectivity index (χ0n) is 11.4. The van der Waals surface area contributed by atoms with E-state index >= 15 is 0 Å². The van der Waals surface area contributed by atoms with Gasteiger partial charge in [-0.25, -0.2) is 9.59 Å². The zero-order chi connectivity index (χ0) is 14.5. The van der Waals surface area contributed by atoms with E-state index in [0.717, 1.165) is 11.1 Å². The molecule has 0 bridgehead atoms. The SMILES string of the molecule is C=C1C[C@@H](C(=O)OC)N(C(=O)OCc2ccccc2)C1. The van der Waals surface area contributed by atoms with Crippen molar-refractivity contribution >= 4 is 12.1 Å². The Labute approximate surface area is 117 Å². The topological polar surface area (TPSA) is 55.8 Å². The van der Waals surface area contributed by atoms with Gasteiger partial charge in [0.2, 0.25) is 0 Å². The van der Waals surface area contributed by atoms with Crippen LogP contribution in [0.25, 0.3) is 0 Å². The lowest BCUT2D eigenvalue weighted by atomic mass is 10.2. The molecule has 2 rings (SSSR count). The molecule has 1 amide bonds. The average molecular weight is 275 g/mol. The van der Waals surface area contributed by atoms with E-state index in [1.165, 1.54) is 12.0 Å². The van der Waals surface area contributed by atoms with Crippen molar-refractivity contribution in [1.29, 1.82) is 0 Å². The highest BCUT2D eigenvalue weighted by Gasteiger charge is 2.37. The summed E-state index contributed by atoms with van der Waals surface area (Å²) in [6.07, 6.45) is -0.101. The first-order chi connectivity index (χ1) is 9.61. The summed E-state index contributed by atoms with van der Waals surface area (Å²) >= 11 is 0. The molecule has 20 heavy (non-hydrogen) atoms. The molecule has 0 saturated carbocycles. The minimum atomic E-state index is -0.629. The van der Waals surface area contributed by atoms with Crippen LogP contribution in [-0.2, 0) is 20.9 Å². The number of esters is 1. The first-order valence-corrected chi connectivity index (χ1v) is 6.33. The smallest absolute Gasteiger partial charge is 0.411 e. The Morgan fingerprint density at radius 3 is 2.70 bits per heavy atom. The van der Waals surface area contributed by atoms with Gasteiger partial charge < -0.3 is 9.47 Å². The zero-order valence-corrected chi connectivity index (χ0v) is 11.4. The van der Waals surface area contributed by atoms with E-state index in [-0.39, 0.29) is 6.61 Å². The highest BCUT2D eigenvalue weighted by Crippen LogP contribution is 2.23. The molecule has 0 spiro atoms. The fraction of sp³-hybridized carbons (Fsp3) is 0.333. The van der Waals surface area contributed by atoms with Crippen LogP contribution in [0.1, 0.15) is 12.0 Å².